The fourth-order valence-electron chi connectivity index (χ4n) is 3.05. The Hall–Kier alpha value is -1.76. The molecule has 1 aromatic carbocycles. The molecule has 0 aromatic heterocycles. The Balaban J connectivity index is 0.00000420. The number of nitrogens with two attached hydrogens (primary N) is 2. The normalized spacial score (nSPS) is 16.2. The molecule has 1 fully saturated rings. The van der Waals surface area contributed by atoms with Gasteiger partial charge >= 0.3 is 6.36 Å². The molecular weight excluding hydrogens is 502 g/mol. The SMILES string of the molecule is I.NC(=O)C1CCN(CCCCN=C(N)Nc2ccccc2OC(F)(F)F)CC1. The number of likely N-dealkylation sites (tertiary alicyclic amines) is 1. The van der Waals surface area contributed by atoms with E-state index in [9.17, 15) is 18.0 Å². The molecule has 164 valence electrons. The second-order valence-electron chi connectivity index (χ2n) is 6.66. The van der Waals surface area contributed by atoms with Crippen LogP contribution >= 0.6 is 24.0 Å². The van der Waals surface area contributed by atoms with Crippen LogP contribution in [0.1, 0.15) is 25.7 Å². The number of nitrogens with one attached hydrogen (secondary N) is 1. The number of piperidine rings is 1. The van der Waals surface area contributed by atoms with Crippen molar-refractivity contribution in [1.82, 2.24) is 4.90 Å². The van der Waals surface area contributed by atoms with Crippen molar-refractivity contribution in [1.29, 1.82) is 0 Å². The van der Waals surface area contributed by atoms with Crippen LogP contribution in [0.4, 0.5) is 18.9 Å². The van der Waals surface area contributed by atoms with Crippen LogP contribution in [0.2, 0.25) is 0 Å². The summed E-state index contributed by atoms with van der Waals surface area (Å²) in [4.78, 5) is 17.6. The summed E-state index contributed by atoms with van der Waals surface area (Å²) in [5.41, 5.74) is 11.2. The average Bonchev–Trinajstić information content (AvgIpc) is 2.62. The van der Waals surface area contributed by atoms with Crippen LogP contribution in [-0.4, -0.2) is 49.3 Å². The number of hydrogen-bond donors (Lipinski definition) is 3. The molecule has 0 bridgehead atoms. The number of amides is 1. The van der Waals surface area contributed by atoms with Crippen molar-refractivity contribution in [3.63, 3.8) is 0 Å². The van der Waals surface area contributed by atoms with Crippen LogP contribution in [0.5, 0.6) is 5.75 Å². The summed E-state index contributed by atoms with van der Waals surface area (Å²) >= 11 is 0. The van der Waals surface area contributed by atoms with E-state index in [1.165, 1.54) is 18.2 Å². The summed E-state index contributed by atoms with van der Waals surface area (Å²) in [5, 5.41) is 2.64. The predicted octanol–water partition coefficient (Wildman–Crippen LogP) is 2.91. The van der Waals surface area contributed by atoms with Gasteiger partial charge in [0.15, 0.2) is 11.7 Å². The van der Waals surface area contributed by atoms with Crippen LogP contribution < -0.4 is 21.5 Å². The largest absolute Gasteiger partial charge is 0.573 e. The number of anilines is 1. The monoisotopic (exact) mass is 529 g/mol. The number of aliphatic imine (C=N–C) groups is 1. The molecule has 0 unspecified atom stereocenters. The van der Waals surface area contributed by atoms with E-state index >= 15 is 0 Å². The quantitative estimate of drug-likeness (QED) is 0.208. The van der Waals surface area contributed by atoms with Crippen LogP contribution in [0.15, 0.2) is 29.3 Å². The minimum atomic E-state index is -4.78. The molecule has 1 amide bonds. The van der Waals surface area contributed by atoms with E-state index < -0.39 is 6.36 Å². The zero-order chi connectivity index (χ0) is 20.6. The first-order valence-electron chi connectivity index (χ1n) is 9.18. The minimum Gasteiger partial charge on any atom is -0.404 e. The van der Waals surface area contributed by atoms with Gasteiger partial charge in [-0.25, -0.2) is 0 Å². The summed E-state index contributed by atoms with van der Waals surface area (Å²) in [5.74, 6) is -0.580. The molecule has 0 spiro atoms. The van der Waals surface area contributed by atoms with Gasteiger partial charge in [0.1, 0.15) is 0 Å². The Labute approximate surface area is 185 Å². The Morgan fingerprint density at radius 3 is 2.48 bits per heavy atom. The summed E-state index contributed by atoms with van der Waals surface area (Å²) in [6.45, 7) is 3.07. The number of nitrogens with zero attached hydrogens (tertiary/aromatic N) is 2. The molecule has 0 atom stereocenters. The zero-order valence-corrected chi connectivity index (χ0v) is 18.3. The first-order chi connectivity index (χ1) is 13.2. The number of benzene rings is 1. The molecule has 2 rings (SSSR count). The van der Waals surface area contributed by atoms with Crippen LogP contribution in [0.3, 0.4) is 0 Å². The molecule has 5 N–H and O–H groups in total. The summed E-state index contributed by atoms with van der Waals surface area (Å²) < 4.78 is 41.2. The predicted molar refractivity (Wildman–Crippen MR) is 116 cm³/mol. The lowest BCUT2D eigenvalue weighted by atomic mass is 9.96. The van der Waals surface area contributed by atoms with Gasteiger partial charge in [0, 0.05) is 12.5 Å². The number of carbonyl (C=O) groups excluding carboxylic acids is 1. The lowest BCUT2D eigenvalue weighted by Crippen LogP contribution is -2.38. The van der Waals surface area contributed by atoms with Crippen molar-refractivity contribution in [3.05, 3.63) is 24.3 Å². The van der Waals surface area contributed by atoms with Crippen LogP contribution in [-0.2, 0) is 4.79 Å². The summed E-state index contributed by atoms with van der Waals surface area (Å²) in [6, 6.07) is 5.63. The number of halogens is 4. The fraction of sp³-hybridized carbons (Fsp3) is 0.556. The molecule has 0 radical (unpaired) electrons. The van der Waals surface area contributed by atoms with Gasteiger partial charge < -0.3 is 26.4 Å². The Morgan fingerprint density at radius 2 is 1.86 bits per heavy atom. The third kappa shape index (κ3) is 9.52. The van der Waals surface area contributed by atoms with Gasteiger partial charge in [0.05, 0.1) is 5.69 Å². The number of guanidine groups is 1. The number of alkyl halides is 3. The van der Waals surface area contributed by atoms with Gasteiger partial charge in [-0.1, -0.05) is 12.1 Å². The van der Waals surface area contributed by atoms with E-state index in [0.29, 0.717) is 6.54 Å². The Bertz CT molecular complexity index is 680. The maximum absolute atomic E-state index is 12.4. The number of rotatable bonds is 8. The molecular formula is C18H27F3IN5O2. The summed E-state index contributed by atoms with van der Waals surface area (Å²) in [6.07, 6.45) is -1.49. The molecule has 1 heterocycles. The Kier molecular flexibility index (Phi) is 10.5. The maximum Gasteiger partial charge on any atom is 0.573 e. The van der Waals surface area contributed by atoms with Gasteiger partial charge in [0.2, 0.25) is 5.91 Å². The van der Waals surface area contributed by atoms with Crippen LogP contribution in [0, 0.1) is 5.92 Å². The number of carbonyl (C=O) groups is 1. The highest BCUT2D eigenvalue weighted by Gasteiger charge is 2.32. The van der Waals surface area contributed by atoms with E-state index in [0.717, 1.165) is 45.3 Å². The second-order valence-corrected chi connectivity index (χ2v) is 6.66. The van der Waals surface area contributed by atoms with E-state index in [4.69, 9.17) is 11.5 Å². The van der Waals surface area contributed by atoms with Gasteiger partial charge in [-0.2, -0.15) is 0 Å². The Morgan fingerprint density at radius 1 is 1.21 bits per heavy atom. The molecule has 1 aliphatic heterocycles. The first-order valence-corrected chi connectivity index (χ1v) is 9.18. The van der Waals surface area contributed by atoms with Crippen molar-refractivity contribution in [2.75, 3.05) is 31.5 Å². The fourth-order valence-corrected chi connectivity index (χ4v) is 3.05. The lowest BCUT2D eigenvalue weighted by molar-refractivity contribution is -0.274. The zero-order valence-electron chi connectivity index (χ0n) is 16.0. The molecule has 1 aromatic rings. The van der Waals surface area contributed by atoms with Crippen LogP contribution in [0.25, 0.3) is 0 Å². The molecule has 7 nitrogen and oxygen atoms in total. The van der Waals surface area contributed by atoms with E-state index in [1.807, 2.05) is 0 Å². The third-order valence-corrected chi connectivity index (χ3v) is 4.53. The minimum absolute atomic E-state index is 0. The standard InChI is InChI=1S/C18H26F3N5O2.HI/c19-18(20,21)28-15-6-2-1-5-14(15)25-17(23)24-9-3-4-10-26-11-7-13(8-12-26)16(22)27;/h1-2,5-6,13H,3-4,7-12H2,(H2,22,27)(H3,23,24,25);1H. The van der Waals surface area contributed by atoms with E-state index in [-0.39, 0.29) is 53.2 Å². The third-order valence-electron chi connectivity index (χ3n) is 4.53. The maximum atomic E-state index is 12.4. The smallest absolute Gasteiger partial charge is 0.404 e. The highest BCUT2D eigenvalue weighted by atomic mass is 127. The second kappa shape index (κ2) is 12.1. The van der Waals surface area contributed by atoms with E-state index in [2.05, 4.69) is 19.9 Å². The number of ether oxygens (including phenoxy) is 1. The highest BCUT2D eigenvalue weighted by molar-refractivity contribution is 14.0. The topological polar surface area (TPSA) is 106 Å². The van der Waals surface area contributed by atoms with Gasteiger partial charge in [-0.05, 0) is 57.5 Å². The van der Waals surface area contributed by atoms with Gasteiger partial charge in [-0.15, -0.1) is 37.1 Å². The first kappa shape index (κ1) is 25.3. The molecule has 1 saturated heterocycles. The van der Waals surface area contributed by atoms with Crippen molar-refractivity contribution < 1.29 is 22.7 Å². The summed E-state index contributed by atoms with van der Waals surface area (Å²) in [7, 11) is 0. The lowest BCUT2D eigenvalue weighted by Gasteiger charge is -2.30. The molecule has 0 aliphatic carbocycles. The van der Waals surface area contributed by atoms with Crippen molar-refractivity contribution in [3.8, 4) is 5.75 Å². The van der Waals surface area contributed by atoms with Gasteiger partial charge in [-0.3, -0.25) is 9.79 Å². The molecule has 11 heteroatoms. The molecule has 0 saturated carbocycles. The number of primary amides is 1. The van der Waals surface area contributed by atoms with Crippen molar-refractivity contribution in [2.45, 2.75) is 32.0 Å². The average molecular weight is 529 g/mol. The number of hydrogen-bond acceptors (Lipinski definition) is 4. The highest BCUT2D eigenvalue weighted by Crippen LogP contribution is 2.29. The van der Waals surface area contributed by atoms with Crippen molar-refractivity contribution >= 4 is 41.5 Å². The number of unbranched alkanes of at least 4 members (excludes halogenated alkanes) is 1. The van der Waals surface area contributed by atoms with Crippen molar-refractivity contribution in [2.24, 2.45) is 22.4 Å². The molecule has 1 aliphatic rings. The molecule has 29 heavy (non-hydrogen) atoms. The van der Waals surface area contributed by atoms with E-state index in [1.54, 1.807) is 6.07 Å². The number of para-hydroxylation sites is 2. The van der Waals surface area contributed by atoms with Gasteiger partial charge in [0.25, 0.3) is 0 Å².